The summed E-state index contributed by atoms with van der Waals surface area (Å²) in [5.74, 6) is 0.603. The van der Waals surface area contributed by atoms with Gasteiger partial charge in [-0.2, -0.15) is 0 Å². The Kier molecular flexibility index (Phi) is 2.78. The largest absolute Gasteiger partial charge is 0.478 e. The van der Waals surface area contributed by atoms with Crippen LogP contribution in [0.15, 0.2) is 28.8 Å². The molecule has 0 aliphatic carbocycles. The average molecular weight is 271 g/mol. The number of fused-ring (bicyclic) bond motifs is 1. The molecule has 0 spiro atoms. The molecular weight excluding hydrogens is 258 g/mol. The fourth-order valence-electron chi connectivity index (χ4n) is 2.23. The number of nitrogens with zero attached hydrogens (tertiary/aromatic N) is 3. The third-order valence-corrected chi connectivity index (χ3v) is 3.18. The number of aromatic carboxylic acids is 1. The molecule has 3 aromatic rings. The molecule has 6 nitrogen and oxygen atoms in total. The molecule has 2 heterocycles. The molecule has 0 aliphatic heterocycles. The van der Waals surface area contributed by atoms with Crippen LogP contribution in [-0.2, 0) is 6.54 Å². The van der Waals surface area contributed by atoms with Crippen LogP contribution in [-0.4, -0.2) is 25.8 Å². The van der Waals surface area contributed by atoms with Gasteiger partial charge in [0.1, 0.15) is 17.3 Å². The van der Waals surface area contributed by atoms with Crippen LogP contribution in [0.4, 0.5) is 0 Å². The van der Waals surface area contributed by atoms with Crippen molar-refractivity contribution in [3.63, 3.8) is 0 Å². The first kappa shape index (κ1) is 12.4. The highest BCUT2D eigenvalue weighted by molar-refractivity contribution is 5.92. The lowest BCUT2D eigenvalue weighted by Gasteiger charge is -2.04. The molecule has 0 unspecified atom stereocenters. The molecule has 2 aromatic heterocycles. The number of rotatable bonds is 3. The highest BCUT2D eigenvalue weighted by atomic mass is 16.5. The van der Waals surface area contributed by atoms with E-state index in [0.29, 0.717) is 6.54 Å². The standard InChI is InChI=1S/C14H13N3O3/c1-8-5-11(16-20-8)7-17-9(2)15-12-4-3-10(14(18)19)6-13(12)17/h3-6H,7H2,1-2H3,(H,18,19). The van der Waals surface area contributed by atoms with Gasteiger partial charge in [0.15, 0.2) is 0 Å². The third-order valence-electron chi connectivity index (χ3n) is 3.18. The summed E-state index contributed by atoms with van der Waals surface area (Å²) >= 11 is 0. The maximum Gasteiger partial charge on any atom is 0.335 e. The van der Waals surface area contributed by atoms with Crippen molar-refractivity contribution in [3.8, 4) is 0 Å². The van der Waals surface area contributed by atoms with E-state index in [1.807, 2.05) is 24.5 Å². The van der Waals surface area contributed by atoms with E-state index in [2.05, 4.69) is 10.1 Å². The SMILES string of the molecule is Cc1cc(Cn2c(C)nc3ccc(C(=O)O)cc32)no1. The van der Waals surface area contributed by atoms with Crippen LogP contribution in [0.25, 0.3) is 11.0 Å². The van der Waals surface area contributed by atoms with E-state index in [1.165, 1.54) is 0 Å². The minimum absolute atomic E-state index is 0.245. The number of carboxylic acids is 1. The number of carboxylic acid groups (broad SMARTS) is 1. The first-order valence-electron chi connectivity index (χ1n) is 6.17. The van der Waals surface area contributed by atoms with Crippen molar-refractivity contribution >= 4 is 17.0 Å². The van der Waals surface area contributed by atoms with Crippen molar-refractivity contribution in [2.24, 2.45) is 0 Å². The maximum absolute atomic E-state index is 11.1. The Morgan fingerprint density at radius 2 is 2.15 bits per heavy atom. The summed E-state index contributed by atoms with van der Waals surface area (Å²) in [4.78, 5) is 15.5. The lowest BCUT2D eigenvalue weighted by Crippen LogP contribution is -2.03. The molecule has 0 bridgehead atoms. The maximum atomic E-state index is 11.1. The van der Waals surface area contributed by atoms with Crippen LogP contribution in [0.1, 0.15) is 27.6 Å². The second-order valence-electron chi connectivity index (χ2n) is 4.68. The molecular formula is C14H13N3O3. The van der Waals surface area contributed by atoms with E-state index >= 15 is 0 Å². The number of aryl methyl sites for hydroxylation is 2. The predicted molar refractivity (Wildman–Crippen MR) is 71.8 cm³/mol. The number of aromatic nitrogens is 3. The molecule has 20 heavy (non-hydrogen) atoms. The monoisotopic (exact) mass is 271 g/mol. The van der Waals surface area contributed by atoms with Gasteiger partial charge in [0.25, 0.3) is 0 Å². The lowest BCUT2D eigenvalue weighted by atomic mass is 10.2. The van der Waals surface area contributed by atoms with E-state index in [4.69, 9.17) is 9.63 Å². The summed E-state index contributed by atoms with van der Waals surface area (Å²) in [6.07, 6.45) is 0. The first-order chi connectivity index (χ1) is 9.54. The van der Waals surface area contributed by atoms with Crippen LogP contribution in [0, 0.1) is 13.8 Å². The molecule has 3 rings (SSSR count). The molecule has 0 radical (unpaired) electrons. The molecule has 0 fully saturated rings. The van der Waals surface area contributed by atoms with Crippen LogP contribution in [0.5, 0.6) is 0 Å². The van der Waals surface area contributed by atoms with Gasteiger partial charge in [-0.05, 0) is 32.0 Å². The fraction of sp³-hybridized carbons (Fsp3) is 0.214. The Hall–Kier alpha value is -2.63. The molecule has 0 aliphatic rings. The molecule has 0 amide bonds. The van der Waals surface area contributed by atoms with Gasteiger partial charge in [-0.25, -0.2) is 9.78 Å². The Bertz CT molecular complexity index is 801. The topological polar surface area (TPSA) is 81.2 Å². The van der Waals surface area contributed by atoms with Crippen molar-refractivity contribution in [3.05, 3.63) is 47.1 Å². The van der Waals surface area contributed by atoms with Gasteiger partial charge >= 0.3 is 5.97 Å². The number of hydrogen-bond donors (Lipinski definition) is 1. The van der Waals surface area contributed by atoms with E-state index in [9.17, 15) is 4.79 Å². The summed E-state index contributed by atoms with van der Waals surface area (Å²) in [6, 6.07) is 6.76. The van der Waals surface area contributed by atoms with E-state index in [1.54, 1.807) is 18.2 Å². The second-order valence-corrected chi connectivity index (χ2v) is 4.68. The van der Waals surface area contributed by atoms with Crippen LogP contribution in [0.2, 0.25) is 0 Å². The molecule has 102 valence electrons. The zero-order valence-corrected chi connectivity index (χ0v) is 11.1. The third kappa shape index (κ3) is 2.05. The Balaban J connectivity index is 2.10. The fourth-order valence-corrected chi connectivity index (χ4v) is 2.23. The van der Waals surface area contributed by atoms with E-state index < -0.39 is 5.97 Å². The highest BCUT2D eigenvalue weighted by Crippen LogP contribution is 2.19. The van der Waals surface area contributed by atoms with Crippen LogP contribution in [0.3, 0.4) is 0 Å². The Morgan fingerprint density at radius 3 is 2.80 bits per heavy atom. The average Bonchev–Trinajstić information content (AvgIpc) is 2.94. The van der Waals surface area contributed by atoms with Gasteiger partial charge in [-0.3, -0.25) is 0 Å². The zero-order valence-electron chi connectivity index (χ0n) is 11.1. The number of carbonyl (C=O) groups is 1. The zero-order chi connectivity index (χ0) is 14.3. The molecule has 0 saturated heterocycles. The van der Waals surface area contributed by atoms with Crippen LogP contribution < -0.4 is 0 Å². The molecule has 1 N–H and O–H groups in total. The van der Waals surface area contributed by atoms with E-state index in [0.717, 1.165) is 28.3 Å². The van der Waals surface area contributed by atoms with Crippen molar-refractivity contribution < 1.29 is 14.4 Å². The Labute approximate surface area is 114 Å². The minimum Gasteiger partial charge on any atom is -0.478 e. The van der Waals surface area contributed by atoms with Gasteiger partial charge in [0.2, 0.25) is 0 Å². The second kappa shape index (κ2) is 4.48. The molecule has 0 atom stereocenters. The smallest absolute Gasteiger partial charge is 0.335 e. The molecule has 0 saturated carbocycles. The van der Waals surface area contributed by atoms with Crippen molar-refractivity contribution in [1.29, 1.82) is 0 Å². The van der Waals surface area contributed by atoms with Crippen molar-refractivity contribution in [2.45, 2.75) is 20.4 Å². The summed E-state index contributed by atoms with van der Waals surface area (Å²) in [5.41, 5.74) is 2.58. The minimum atomic E-state index is -0.949. The number of imidazole rings is 1. The van der Waals surface area contributed by atoms with E-state index in [-0.39, 0.29) is 5.56 Å². The van der Waals surface area contributed by atoms with Gasteiger partial charge in [-0.1, -0.05) is 5.16 Å². The van der Waals surface area contributed by atoms with Crippen molar-refractivity contribution in [2.75, 3.05) is 0 Å². The predicted octanol–water partition coefficient (Wildman–Crippen LogP) is 2.39. The summed E-state index contributed by atoms with van der Waals surface area (Å²) in [5, 5.41) is 13.0. The number of hydrogen-bond acceptors (Lipinski definition) is 4. The van der Waals surface area contributed by atoms with Gasteiger partial charge < -0.3 is 14.2 Å². The summed E-state index contributed by atoms with van der Waals surface area (Å²) in [7, 11) is 0. The first-order valence-corrected chi connectivity index (χ1v) is 6.17. The quantitative estimate of drug-likeness (QED) is 0.791. The number of benzene rings is 1. The van der Waals surface area contributed by atoms with Gasteiger partial charge in [0, 0.05) is 6.07 Å². The highest BCUT2D eigenvalue weighted by Gasteiger charge is 2.12. The normalized spacial score (nSPS) is 11.1. The Morgan fingerprint density at radius 1 is 1.35 bits per heavy atom. The lowest BCUT2D eigenvalue weighted by molar-refractivity contribution is 0.0697. The van der Waals surface area contributed by atoms with Gasteiger partial charge in [-0.15, -0.1) is 0 Å². The summed E-state index contributed by atoms with van der Waals surface area (Å²) in [6.45, 7) is 4.22. The van der Waals surface area contributed by atoms with Gasteiger partial charge in [0.05, 0.1) is 23.1 Å². The van der Waals surface area contributed by atoms with Crippen molar-refractivity contribution in [1.82, 2.24) is 14.7 Å². The molecule has 6 heteroatoms. The summed E-state index contributed by atoms with van der Waals surface area (Å²) < 4.78 is 6.98. The molecule has 1 aromatic carbocycles. The van der Waals surface area contributed by atoms with Crippen LogP contribution >= 0.6 is 0 Å².